The van der Waals surface area contributed by atoms with Crippen molar-refractivity contribution in [3.8, 4) is 0 Å². The highest BCUT2D eigenvalue weighted by atomic mass is 32.1. The van der Waals surface area contributed by atoms with Crippen molar-refractivity contribution < 1.29 is 14.6 Å². The van der Waals surface area contributed by atoms with Crippen molar-refractivity contribution in [3.05, 3.63) is 22.4 Å². The van der Waals surface area contributed by atoms with Crippen LogP contribution in [0.15, 0.2) is 16.8 Å². The molecular formula is C13H18N2O3S. The molecule has 2 bridgehead atoms. The van der Waals surface area contributed by atoms with E-state index in [9.17, 15) is 9.90 Å². The smallest absolute Gasteiger partial charge is 0.315 e. The van der Waals surface area contributed by atoms with Crippen LogP contribution in [0, 0.1) is 0 Å². The molecule has 5 nitrogen and oxygen atoms in total. The Bertz CT molecular complexity index is 437. The van der Waals surface area contributed by atoms with Crippen LogP contribution in [-0.4, -0.2) is 35.9 Å². The minimum Gasteiger partial charge on any atom is -0.387 e. The van der Waals surface area contributed by atoms with Crippen molar-refractivity contribution in [1.82, 2.24) is 10.6 Å². The standard InChI is InChI=1S/C13H18N2O3S/c16-11(8-3-4-19-7-8)6-14-13(17)15-10-5-9-1-2-12(10)18-9/h3-4,7,9-12,16H,1-2,5-6H2,(H2,14,15,17). The van der Waals surface area contributed by atoms with E-state index in [0.29, 0.717) is 6.10 Å². The summed E-state index contributed by atoms with van der Waals surface area (Å²) in [6.07, 6.45) is 2.91. The number of nitrogens with one attached hydrogen (secondary N) is 2. The van der Waals surface area contributed by atoms with Gasteiger partial charge >= 0.3 is 6.03 Å². The first-order valence-corrected chi connectivity index (χ1v) is 7.56. The molecule has 1 aromatic heterocycles. The van der Waals surface area contributed by atoms with Crippen LogP contribution < -0.4 is 10.6 Å². The van der Waals surface area contributed by atoms with E-state index in [1.807, 2.05) is 16.8 Å². The third-order valence-corrected chi connectivity index (χ3v) is 4.51. The predicted octanol–water partition coefficient (Wildman–Crippen LogP) is 1.40. The fourth-order valence-corrected chi connectivity index (χ4v) is 3.49. The number of thiophene rings is 1. The quantitative estimate of drug-likeness (QED) is 0.782. The van der Waals surface area contributed by atoms with Gasteiger partial charge in [-0.2, -0.15) is 11.3 Å². The molecule has 1 aromatic rings. The second-order valence-corrected chi connectivity index (χ2v) is 5.92. The van der Waals surface area contributed by atoms with E-state index in [-0.39, 0.29) is 24.7 Å². The van der Waals surface area contributed by atoms with E-state index < -0.39 is 6.10 Å². The fourth-order valence-electron chi connectivity index (χ4n) is 2.78. The second-order valence-electron chi connectivity index (χ2n) is 5.14. The zero-order valence-corrected chi connectivity index (χ0v) is 11.4. The Hall–Kier alpha value is -1.11. The van der Waals surface area contributed by atoms with E-state index >= 15 is 0 Å². The summed E-state index contributed by atoms with van der Waals surface area (Å²) < 4.78 is 5.68. The normalized spacial score (nSPS) is 30.3. The molecule has 2 aliphatic rings. The van der Waals surface area contributed by atoms with Crippen LogP contribution in [0.4, 0.5) is 4.79 Å². The van der Waals surface area contributed by atoms with Gasteiger partial charge in [0.15, 0.2) is 0 Å². The lowest BCUT2D eigenvalue weighted by Gasteiger charge is -2.20. The lowest BCUT2D eigenvalue weighted by atomic mass is 9.96. The third kappa shape index (κ3) is 2.91. The van der Waals surface area contributed by atoms with Gasteiger partial charge in [0.2, 0.25) is 0 Å². The molecule has 2 amide bonds. The predicted molar refractivity (Wildman–Crippen MR) is 72.1 cm³/mol. The van der Waals surface area contributed by atoms with Gasteiger partial charge in [-0.1, -0.05) is 0 Å². The van der Waals surface area contributed by atoms with Gasteiger partial charge in [0.1, 0.15) is 0 Å². The minimum atomic E-state index is -0.645. The minimum absolute atomic E-state index is 0.122. The average molecular weight is 282 g/mol. The lowest BCUT2D eigenvalue weighted by molar-refractivity contribution is 0.0979. The van der Waals surface area contributed by atoms with E-state index in [1.54, 1.807) is 0 Å². The topological polar surface area (TPSA) is 70.6 Å². The number of aliphatic hydroxyl groups is 1. The molecule has 0 radical (unpaired) electrons. The molecule has 3 rings (SSSR count). The highest BCUT2D eigenvalue weighted by Gasteiger charge is 2.41. The Morgan fingerprint density at radius 1 is 1.58 bits per heavy atom. The summed E-state index contributed by atoms with van der Waals surface area (Å²) in [6, 6.07) is 1.76. The van der Waals surface area contributed by atoms with Crippen molar-refractivity contribution in [2.75, 3.05) is 6.54 Å². The number of urea groups is 1. The van der Waals surface area contributed by atoms with Gasteiger partial charge in [-0.15, -0.1) is 0 Å². The molecule has 0 aliphatic carbocycles. The number of fused-ring (bicyclic) bond motifs is 2. The summed E-state index contributed by atoms with van der Waals surface area (Å²) in [5, 5.41) is 19.3. The van der Waals surface area contributed by atoms with Gasteiger partial charge in [0.05, 0.1) is 24.4 Å². The number of aliphatic hydroxyl groups excluding tert-OH is 1. The Kier molecular flexibility index (Phi) is 3.72. The molecule has 3 heterocycles. The summed E-state index contributed by atoms with van der Waals surface area (Å²) >= 11 is 1.53. The molecule has 0 aromatic carbocycles. The Morgan fingerprint density at radius 2 is 2.47 bits per heavy atom. The first-order chi connectivity index (χ1) is 9.22. The molecular weight excluding hydrogens is 264 g/mol. The summed E-state index contributed by atoms with van der Waals surface area (Å²) in [6.45, 7) is 0.226. The van der Waals surface area contributed by atoms with Crippen LogP contribution in [0.2, 0.25) is 0 Å². The zero-order chi connectivity index (χ0) is 13.2. The van der Waals surface area contributed by atoms with Gasteiger partial charge in [-0.25, -0.2) is 4.79 Å². The summed E-state index contributed by atoms with van der Waals surface area (Å²) in [7, 11) is 0. The summed E-state index contributed by atoms with van der Waals surface area (Å²) in [5.41, 5.74) is 0.841. The Labute approximate surface area is 116 Å². The maximum atomic E-state index is 11.8. The second kappa shape index (κ2) is 5.48. The Balaban J connectivity index is 1.42. The Morgan fingerprint density at radius 3 is 3.11 bits per heavy atom. The molecule has 0 spiro atoms. The lowest BCUT2D eigenvalue weighted by Crippen LogP contribution is -2.47. The van der Waals surface area contributed by atoms with Crippen molar-refractivity contribution in [1.29, 1.82) is 0 Å². The van der Waals surface area contributed by atoms with Crippen LogP contribution in [-0.2, 0) is 4.74 Å². The van der Waals surface area contributed by atoms with Crippen molar-refractivity contribution >= 4 is 17.4 Å². The molecule has 104 valence electrons. The highest BCUT2D eigenvalue weighted by Crippen LogP contribution is 2.34. The van der Waals surface area contributed by atoms with Crippen LogP contribution in [0.5, 0.6) is 0 Å². The fraction of sp³-hybridized carbons (Fsp3) is 0.615. The molecule has 3 N–H and O–H groups in total. The number of carbonyl (C=O) groups is 1. The number of ether oxygens (including phenoxy) is 1. The summed E-state index contributed by atoms with van der Waals surface area (Å²) in [4.78, 5) is 11.8. The maximum Gasteiger partial charge on any atom is 0.315 e. The third-order valence-electron chi connectivity index (χ3n) is 3.81. The van der Waals surface area contributed by atoms with Gasteiger partial charge in [-0.3, -0.25) is 0 Å². The molecule has 2 aliphatic heterocycles. The monoisotopic (exact) mass is 282 g/mol. The van der Waals surface area contributed by atoms with E-state index in [2.05, 4.69) is 10.6 Å². The summed E-state index contributed by atoms with van der Waals surface area (Å²) in [5.74, 6) is 0. The van der Waals surface area contributed by atoms with Gasteiger partial charge in [0, 0.05) is 6.54 Å². The van der Waals surface area contributed by atoms with Crippen molar-refractivity contribution in [2.45, 2.75) is 43.6 Å². The van der Waals surface area contributed by atoms with Gasteiger partial charge in [0.25, 0.3) is 0 Å². The molecule has 2 fully saturated rings. The van der Waals surface area contributed by atoms with Crippen molar-refractivity contribution in [2.24, 2.45) is 0 Å². The van der Waals surface area contributed by atoms with Gasteiger partial charge in [-0.05, 0) is 41.7 Å². The first-order valence-electron chi connectivity index (χ1n) is 6.62. The van der Waals surface area contributed by atoms with Crippen LogP contribution in [0.1, 0.15) is 30.9 Å². The molecule has 4 atom stereocenters. The first kappa shape index (κ1) is 12.9. The highest BCUT2D eigenvalue weighted by molar-refractivity contribution is 7.07. The van der Waals surface area contributed by atoms with Gasteiger partial charge < -0.3 is 20.5 Å². The molecule has 0 saturated carbocycles. The van der Waals surface area contributed by atoms with Crippen molar-refractivity contribution in [3.63, 3.8) is 0 Å². The van der Waals surface area contributed by atoms with Crippen LogP contribution in [0.25, 0.3) is 0 Å². The molecule has 6 heteroatoms. The SMILES string of the molecule is O=C(NCC(O)c1ccsc1)NC1CC2CCC1O2. The number of hydrogen-bond acceptors (Lipinski definition) is 4. The van der Waals surface area contributed by atoms with Crippen LogP contribution >= 0.6 is 11.3 Å². The zero-order valence-electron chi connectivity index (χ0n) is 10.5. The number of amides is 2. The van der Waals surface area contributed by atoms with E-state index in [4.69, 9.17) is 4.74 Å². The van der Waals surface area contributed by atoms with Crippen LogP contribution in [0.3, 0.4) is 0 Å². The number of hydrogen-bond donors (Lipinski definition) is 3. The number of carbonyl (C=O) groups excluding carboxylic acids is 1. The maximum absolute atomic E-state index is 11.8. The molecule has 2 saturated heterocycles. The largest absolute Gasteiger partial charge is 0.387 e. The van der Waals surface area contributed by atoms with E-state index in [0.717, 1.165) is 24.8 Å². The molecule has 19 heavy (non-hydrogen) atoms. The number of rotatable bonds is 4. The van der Waals surface area contributed by atoms with E-state index in [1.165, 1.54) is 11.3 Å². The average Bonchev–Trinajstić information content (AvgIpc) is 3.12. The molecule has 4 unspecified atom stereocenters.